The van der Waals surface area contributed by atoms with Crippen molar-refractivity contribution in [1.82, 2.24) is 0 Å². The van der Waals surface area contributed by atoms with Crippen LogP contribution >= 0.6 is 12.6 Å². The van der Waals surface area contributed by atoms with Crippen LogP contribution in [0.3, 0.4) is 0 Å². The molecule has 0 heterocycles. The minimum Gasteiger partial charge on any atom is -0.394 e. The SMILES string of the molecule is CC(O)(S)C(O)CO. The van der Waals surface area contributed by atoms with E-state index in [2.05, 4.69) is 12.6 Å². The molecule has 3 N–H and O–H groups in total. The quantitative estimate of drug-likeness (QED) is 0.292. The van der Waals surface area contributed by atoms with Crippen molar-refractivity contribution >= 4 is 12.6 Å². The van der Waals surface area contributed by atoms with Crippen molar-refractivity contribution in [2.45, 2.75) is 18.0 Å². The Labute approximate surface area is 53.4 Å². The molecule has 0 aromatic heterocycles. The number of aliphatic hydroxyl groups is 3. The van der Waals surface area contributed by atoms with Gasteiger partial charge in [0.2, 0.25) is 0 Å². The molecule has 0 fully saturated rings. The third kappa shape index (κ3) is 2.52. The highest BCUT2D eigenvalue weighted by Crippen LogP contribution is 2.12. The highest BCUT2D eigenvalue weighted by Gasteiger charge is 2.24. The molecule has 0 saturated heterocycles. The second kappa shape index (κ2) is 2.68. The smallest absolute Gasteiger partial charge is 0.132 e. The van der Waals surface area contributed by atoms with Crippen LogP contribution in [0.1, 0.15) is 6.92 Å². The van der Waals surface area contributed by atoms with Crippen LogP contribution in [0.4, 0.5) is 0 Å². The van der Waals surface area contributed by atoms with Gasteiger partial charge in [0.05, 0.1) is 6.61 Å². The molecule has 50 valence electrons. The number of aliphatic hydroxyl groups excluding tert-OH is 2. The zero-order valence-corrected chi connectivity index (χ0v) is 5.47. The molecule has 0 aliphatic carbocycles. The Morgan fingerprint density at radius 3 is 2.12 bits per heavy atom. The third-order valence-corrected chi connectivity index (χ3v) is 1.10. The van der Waals surface area contributed by atoms with Gasteiger partial charge in [-0.1, -0.05) is 0 Å². The lowest BCUT2D eigenvalue weighted by atomic mass is 10.2. The largest absolute Gasteiger partial charge is 0.394 e. The molecule has 0 aromatic rings. The van der Waals surface area contributed by atoms with Crippen LogP contribution in [-0.4, -0.2) is 33.0 Å². The molecule has 2 unspecified atom stereocenters. The minimum atomic E-state index is -1.49. The molecule has 0 saturated carbocycles. The van der Waals surface area contributed by atoms with Crippen molar-refractivity contribution in [2.24, 2.45) is 0 Å². The summed E-state index contributed by atoms with van der Waals surface area (Å²) in [5, 5.41) is 25.6. The van der Waals surface area contributed by atoms with Gasteiger partial charge < -0.3 is 15.3 Å². The molecule has 4 heteroatoms. The van der Waals surface area contributed by atoms with Gasteiger partial charge in [0.1, 0.15) is 11.0 Å². The maximum atomic E-state index is 8.74. The summed E-state index contributed by atoms with van der Waals surface area (Å²) in [6, 6.07) is 0. The van der Waals surface area contributed by atoms with Gasteiger partial charge in [0, 0.05) is 0 Å². The Kier molecular flexibility index (Phi) is 2.76. The number of thiol groups is 1. The van der Waals surface area contributed by atoms with E-state index in [0.29, 0.717) is 0 Å². The lowest BCUT2D eigenvalue weighted by molar-refractivity contribution is -0.0240. The minimum absolute atomic E-state index is 0.476. The van der Waals surface area contributed by atoms with Crippen molar-refractivity contribution in [3.8, 4) is 0 Å². The van der Waals surface area contributed by atoms with Gasteiger partial charge in [0.25, 0.3) is 0 Å². The lowest BCUT2D eigenvalue weighted by Gasteiger charge is -2.20. The molecule has 0 aliphatic rings. The van der Waals surface area contributed by atoms with E-state index in [-0.39, 0.29) is 0 Å². The average molecular weight is 138 g/mol. The fourth-order valence-electron chi connectivity index (χ4n) is 0.173. The van der Waals surface area contributed by atoms with Gasteiger partial charge in [-0.2, -0.15) is 0 Å². The van der Waals surface area contributed by atoms with E-state index in [1.165, 1.54) is 6.92 Å². The van der Waals surface area contributed by atoms with Gasteiger partial charge in [-0.25, -0.2) is 0 Å². The fraction of sp³-hybridized carbons (Fsp3) is 1.00. The topological polar surface area (TPSA) is 60.7 Å². The van der Waals surface area contributed by atoms with E-state index in [0.717, 1.165) is 0 Å². The van der Waals surface area contributed by atoms with Crippen LogP contribution in [0.25, 0.3) is 0 Å². The summed E-state index contributed by atoms with van der Waals surface area (Å²) < 4.78 is 0. The van der Waals surface area contributed by atoms with E-state index < -0.39 is 17.6 Å². The molecule has 0 aromatic carbocycles. The van der Waals surface area contributed by atoms with Crippen LogP contribution < -0.4 is 0 Å². The van der Waals surface area contributed by atoms with Crippen molar-refractivity contribution in [3.05, 3.63) is 0 Å². The first-order chi connectivity index (χ1) is 3.48. The van der Waals surface area contributed by atoms with Crippen molar-refractivity contribution in [2.75, 3.05) is 6.61 Å². The number of hydrogen-bond acceptors (Lipinski definition) is 4. The first-order valence-electron chi connectivity index (χ1n) is 2.22. The Hall–Kier alpha value is 0.230. The molecule has 8 heavy (non-hydrogen) atoms. The zero-order valence-electron chi connectivity index (χ0n) is 4.57. The van der Waals surface area contributed by atoms with Gasteiger partial charge in [-0.3, -0.25) is 0 Å². The summed E-state index contributed by atoms with van der Waals surface area (Å²) in [5.41, 5.74) is 0. The van der Waals surface area contributed by atoms with E-state index in [4.69, 9.17) is 15.3 Å². The number of hydrogen-bond donors (Lipinski definition) is 4. The number of rotatable bonds is 2. The molecule has 2 atom stereocenters. The molecule has 0 amide bonds. The Balaban J connectivity index is 3.62. The average Bonchev–Trinajstić information content (AvgIpc) is 1.62. The van der Waals surface area contributed by atoms with Crippen LogP contribution in [0.2, 0.25) is 0 Å². The van der Waals surface area contributed by atoms with E-state index in [1.807, 2.05) is 0 Å². The van der Waals surface area contributed by atoms with Gasteiger partial charge in [-0.15, -0.1) is 12.6 Å². The monoisotopic (exact) mass is 138 g/mol. The predicted molar refractivity (Wildman–Crippen MR) is 32.7 cm³/mol. The van der Waals surface area contributed by atoms with Crippen LogP contribution in [-0.2, 0) is 0 Å². The van der Waals surface area contributed by atoms with Crippen LogP contribution in [0, 0.1) is 0 Å². The maximum absolute atomic E-state index is 8.74. The van der Waals surface area contributed by atoms with E-state index >= 15 is 0 Å². The summed E-state index contributed by atoms with van der Waals surface area (Å²) >= 11 is 3.58. The Morgan fingerprint density at radius 1 is 1.75 bits per heavy atom. The first-order valence-corrected chi connectivity index (χ1v) is 2.67. The van der Waals surface area contributed by atoms with E-state index in [1.54, 1.807) is 0 Å². The molecular weight excluding hydrogens is 128 g/mol. The summed E-state index contributed by atoms with van der Waals surface area (Å²) in [7, 11) is 0. The molecule has 0 rings (SSSR count). The van der Waals surface area contributed by atoms with E-state index in [9.17, 15) is 0 Å². The molecule has 0 bridgehead atoms. The highest BCUT2D eigenvalue weighted by atomic mass is 32.1. The maximum Gasteiger partial charge on any atom is 0.132 e. The van der Waals surface area contributed by atoms with Gasteiger partial charge >= 0.3 is 0 Å². The zero-order chi connectivity index (χ0) is 6.78. The summed E-state index contributed by atoms with van der Waals surface area (Å²) in [6.45, 7) is 0.827. The normalized spacial score (nSPS) is 22.1. The van der Waals surface area contributed by atoms with Crippen LogP contribution in [0.15, 0.2) is 0 Å². The Bertz CT molecular complexity index is 68.2. The van der Waals surface area contributed by atoms with Crippen molar-refractivity contribution in [1.29, 1.82) is 0 Å². The van der Waals surface area contributed by atoms with Crippen LogP contribution in [0.5, 0.6) is 0 Å². The molecule has 0 aliphatic heterocycles. The first kappa shape index (κ1) is 8.23. The Morgan fingerprint density at radius 2 is 2.12 bits per heavy atom. The second-order valence-corrected chi connectivity index (χ2v) is 2.70. The van der Waals surface area contributed by atoms with Gasteiger partial charge in [0.15, 0.2) is 0 Å². The molecule has 0 spiro atoms. The van der Waals surface area contributed by atoms with Crippen molar-refractivity contribution < 1.29 is 15.3 Å². The predicted octanol–water partition coefficient (Wildman–Crippen LogP) is -1.02. The third-order valence-electron chi connectivity index (χ3n) is 0.804. The summed E-state index contributed by atoms with van der Waals surface area (Å²) in [4.78, 5) is -1.49. The fourth-order valence-corrected chi connectivity index (χ4v) is 0.255. The molecule has 3 nitrogen and oxygen atoms in total. The van der Waals surface area contributed by atoms with Gasteiger partial charge in [-0.05, 0) is 6.92 Å². The molecule has 0 radical (unpaired) electrons. The second-order valence-electron chi connectivity index (χ2n) is 1.79. The lowest BCUT2D eigenvalue weighted by Crippen LogP contribution is -2.36. The summed E-state index contributed by atoms with van der Waals surface area (Å²) in [6.07, 6.45) is -1.18. The summed E-state index contributed by atoms with van der Waals surface area (Å²) in [5.74, 6) is 0. The standard InChI is InChI=1S/C4H10O3S/c1-4(7,8)3(6)2-5/h3,5-8H,2H2,1H3. The highest BCUT2D eigenvalue weighted by molar-refractivity contribution is 7.81. The van der Waals surface area contributed by atoms with Crippen molar-refractivity contribution in [3.63, 3.8) is 0 Å². The molecular formula is C4H10O3S.